The van der Waals surface area contributed by atoms with Gasteiger partial charge in [-0.15, -0.1) is 17.5 Å². The molecular formula is C42H50FeO2P2. The Morgan fingerprint density at radius 3 is 1.57 bits per heavy atom. The van der Waals surface area contributed by atoms with Crippen LogP contribution in [-0.2, 0) is 17.1 Å². The topological polar surface area (TPSA) is 18.5 Å². The summed E-state index contributed by atoms with van der Waals surface area (Å²) >= 11 is 0. The minimum Gasteiger partial charge on any atom is -0.496 e. The summed E-state index contributed by atoms with van der Waals surface area (Å²) < 4.78 is 11.6. The predicted octanol–water partition coefficient (Wildman–Crippen LogP) is 10.0. The van der Waals surface area contributed by atoms with Crippen LogP contribution in [0.25, 0.3) is 0 Å². The molecule has 47 heavy (non-hydrogen) atoms. The monoisotopic (exact) mass is 704 g/mol. The number of aryl methyl sites for hydroxylation is 4. The number of rotatable bonds is 9. The smallest absolute Gasteiger partial charge is 0.496 e. The number of hydrogen-bond acceptors (Lipinski definition) is 2. The fourth-order valence-electron chi connectivity index (χ4n) is 8.08. The van der Waals surface area contributed by atoms with Crippen molar-refractivity contribution in [1.29, 1.82) is 0 Å². The van der Waals surface area contributed by atoms with E-state index in [2.05, 4.69) is 106 Å². The zero-order chi connectivity index (χ0) is 32.6. The van der Waals surface area contributed by atoms with E-state index in [4.69, 9.17) is 9.47 Å². The summed E-state index contributed by atoms with van der Waals surface area (Å²) in [6, 6.07) is 18.1. The number of benzene rings is 2. The van der Waals surface area contributed by atoms with E-state index in [1.165, 1.54) is 108 Å². The van der Waals surface area contributed by atoms with Gasteiger partial charge in [-0.05, 0) is 127 Å². The largest absolute Gasteiger partial charge is 2.00 e. The van der Waals surface area contributed by atoms with Gasteiger partial charge in [0.25, 0.3) is 0 Å². The Morgan fingerprint density at radius 1 is 0.745 bits per heavy atom. The molecular weight excluding hydrogens is 654 g/mol. The molecule has 3 aliphatic carbocycles. The molecule has 0 unspecified atom stereocenters. The van der Waals surface area contributed by atoms with E-state index >= 15 is 0 Å². The molecule has 2 radical (unpaired) electrons. The Labute approximate surface area is 298 Å². The van der Waals surface area contributed by atoms with Crippen LogP contribution in [0.3, 0.4) is 0 Å². The first kappa shape index (κ1) is 37.7. The fourth-order valence-corrected chi connectivity index (χ4v) is 15.3. The van der Waals surface area contributed by atoms with Crippen molar-refractivity contribution >= 4 is 31.8 Å². The van der Waals surface area contributed by atoms with Crippen molar-refractivity contribution in [2.24, 2.45) is 0 Å². The molecule has 0 bridgehead atoms. The minimum absolute atomic E-state index is 0. The van der Waals surface area contributed by atoms with Gasteiger partial charge in [0.05, 0.1) is 14.2 Å². The maximum Gasteiger partial charge on any atom is 2.00 e. The van der Waals surface area contributed by atoms with Gasteiger partial charge in [0.15, 0.2) is 0 Å². The molecule has 3 aromatic rings. The van der Waals surface area contributed by atoms with Gasteiger partial charge < -0.3 is 9.47 Å². The van der Waals surface area contributed by atoms with Crippen molar-refractivity contribution in [1.82, 2.24) is 0 Å². The van der Waals surface area contributed by atoms with Gasteiger partial charge in [0.1, 0.15) is 11.5 Å². The van der Waals surface area contributed by atoms with Crippen molar-refractivity contribution in [2.75, 3.05) is 14.2 Å². The maximum absolute atomic E-state index is 5.79. The molecule has 0 saturated heterocycles. The fraction of sp³-hybridized carbons (Fsp3) is 0.476. The summed E-state index contributed by atoms with van der Waals surface area (Å²) in [7, 11) is 2.74. The minimum atomic E-state index is -0.753. The van der Waals surface area contributed by atoms with E-state index in [0.717, 1.165) is 22.8 Å². The molecule has 6 rings (SSSR count). The van der Waals surface area contributed by atoms with Gasteiger partial charge in [-0.1, -0.05) is 61.3 Å². The Kier molecular flexibility index (Phi) is 14.4. The first-order valence-corrected chi connectivity index (χ1v) is 20.0. The van der Waals surface area contributed by atoms with Crippen LogP contribution >= 0.6 is 15.8 Å². The number of ether oxygens (including phenoxy) is 2. The second-order valence-corrected chi connectivity index (χ2v) is 18.5. The van der Waals surface area contributed by atoms with Crippen molar-refractivity contribution in [3.05, 3.63) is 99.6 Å². The van der Waals surface area contributed by atoms with Crippen LogP contribution in [0, 0.1) is 45.9 Å². The zero-order valence-electron chi connectivity index (χ0n) is 29.3. The number of hydrogen-bond donors (Lipinski definition) is 0. The van der Waals surface area contributed by atoms with E-state index < -0.39 is 7.92 Å². The summed E-state index contributed by atoms with van der Waals surface area (Å²) in [5.41, 5.74) is 16.3. The molecule has 3 aromatic carbocycles. The molecule has 3 aliphatic rings. The number of methoxy groups -OCH3 is 2. The van der Waals surface area contributed by atoms with Crippen molar-refractivity contribution in [3.8, 4) is 11.5 Å². The maximum atomic E-state index is 5.79. The molecule has 5 heteroatoms. The van der Waals surface area contributed by atoms with Crippen LogP contribution < -0.4 is 25.4 Å². The SMILES string of the molecule is COc1c(C)cc(P(c2cc(C)c(OC)c(C)c2)[c-]2cc[c]c2[C@@H](C)P(C2CCCCC2)C2CCCCC2)cc1C.[C]1=C=C=C=[C-]1.[Fe+2]. The van der Waals surface area contributed by atoms with Gasteiger partial charge in [0, 0.05) is 0 Å². The van der Waals surface area contributed by atoms with Crippen LogP contribution in [0.15, 0.2) is 53.6 Å². The molecule has 0 aromatic heterocycles. The van der Waals surface area contributed by atoms with Gasteiger partial charge >= 0.3 is 17.1 Å². The summed E-state index contributed by atoms with van der Waals surface area (Å²) in [6.07, 6.45) is 19.4. The normalized spacial score (nSPS) is 16.7. The van der Waals surface area contributed by atoms with Gasteiger partial charge in [0.2, 0.25) is 0 Å². The first-order chi connectivity index (χ1) is 22.3. The molecule has 1 atom stereocenters. The van der Waals surface area contributed by atoms with E-state index in [-0.39, 0.29) is 25.0 Å². The standard InChI is InChI=1S/C37H50O2P2.C5.Fe/c1-25-21-32(22-26(2)36(25)38-6)41(33-23-27(3)37(39-7)28(4)24-33)35-20-14-19-34(35)29(5)40(30-15-10-8-11-16-30)31-17-12-9-13-18-31;1-2-4-5-3-1;/h14,20-24,29-31H,8-13,15-18H2,1-7H3;;/q2*-1;+2/t29-;;/m1../s1. The zero-order valence-corrected chi connectivity index (χ0v) is 32.2. The molecule has 0 N–H and O–H groups in total. The summed E-state index contributed by atoms with van der Waals surface area (Å²) in [6.45, 7) is 11.4. The molecule has 0 spiro atoms. The Hall–Kier alpha value is -2.15. The van der Waals surface area contributed by atoms with Crippen LogP contribution in [0.2, 0.25) is 0 Å². The van der Waals surface area contributed by atoms with Crippen LogP contribution in [0.5, 0.6) is 11.5 Å². The predicted molar refractivity (Wildman–Crippen MR) is 198 cm³/mol. The average Bonchev–Trinajstić information content (AvgIpc) is 3.79. The Bertz CT molecular complexity index is 1480. The first-order valence-electron chi connectivity index (χ1n) is 17.1. The van der Waals surface area contributed by atoms with Crippen LogP contribution in [0.4, 0.5) is 0 Å². The van der Waals surface area contributed by atoms with E-state index in [9.17, 15) is 0 Å². The van der Waals surface area contributed by atoms with E-state index in [0.29, 0.717) is 5.66 Å². The third-order valence-corrected chi connectivity index (χ3v) is 16.3. The van der Waals surface area contributed by atoms with Crippen molar-refractivity contribution in [2.45, 2.75) is 116 Å². The van der Waals surface area contributed by atoms with Crippen LogP contribution in [-0.4, -0.2) is 25.5 Å². The van der Waals surface area contributed by atoms with Gasteiger partial charge in [-0.25, -0.2) is 17.9 Å². The Balaban J connectivity index is 0.000000762. The molecule has 2 saturated carbocycles. The van der Waals surface area contributed by atoms with E-state index in [1.807, 2.05) is 0 Å². The van der Waals surface area contributed by atoms with Crippen LogP contribution in [0.1, 0.15) is 105 Å². The molecule has 2 fully saturated rings. The third kappa shape index (κ3) is 8.91. The molecule has 248 valence electrons. The summed E-state index contributed by atoms with van der Waals surface area (Å²) in [5.74, 6) is 2.01. The van der Waals surface area contributed by atoms with Crippen molar-refractivity contribution in [3.63, 3.8) is 0 Å². The molecule has 0 aliphatic heterocycles. The number of allylic oxidation sites excluding steroid dienone is 2. The second-order valence-electron chi connectivity index (χ2n) is 13.2. The molecule has 0 heterocycles. The van der Waals surface area contributed by atoms with E-state index in [1.54, 1.807) is 14.2 Å². The molecule has 0 amide bonds. The van der Waals surface area contributed by atoms with Gasteiger partial charge in [-0.3, -0.25) is 11.5 Å². The quantitative estimate of drug-likeness (QED) is 0.0956. The molecule has 2 nitrogen and oxygen atoms in total. The third-order valence-electron chi connectivity index (χ3n) is 9.98. The summed E-state index contributed by atoms with van der Waals surface area (Å²) in [5, 5.41) is 4.33. The van der Waals surface area contributed by atoms with Crippen molar-refractivity contribution < 1.29 is 26.5 Å². The Morgan fingerprint density at radius 2 is 1.21 bits per heavy atom. The second kappa shape index (κ2) is 18.0. The summed E-state index contributed by atoms with van der Waals surface area (Å²) in [4.78, 5) is 0. The van der Waals surface area contributed by atoms with Gasteiger partial charge in [-0.2, -0.15) is 11.6 Å². The average molecular weight is 705 g/mol.